The first-order valence-electron chi connectivity index (χ1n) is 23.3. The highest BCUT2D eigenvalue weighted by molar-refractivity contribution is 5.69. The Bertz CT molecular complexity index is 775. The van der Waals surface area contributed by atoms with Crippen LogP contribution in [0, 0.1) is 0 Å². The van der Waals surface area contributed by atoms with Gasteiger partial charge in [0.15, 0.2) is 0 Å². The number of hydrogen-bond acceptors (Lipinski definition) is 7. The number of hydrogen-bond donors (Lipinski definition) is 1. The van der Waals surface area contributed by atoms with Crippen molar-refractivity contribution in [1.29, 1.82) is 0 Å². The Kier molecular flexibility index (Phi) is 46.2. The monoisotopic (exact) mass is 766 g/mol. The van der Waals surface area contributed by atoms with E-state index in [1.807, 2.05) is 26.0 Å². The Balaban J connectivity index is 0. The quantitative estimate of drug-likeness (QED) is 0.0491. The zero-order chi connectivity index (χ0) is 40.2. The Hall–Kier alpha value is -1.60. The van der Waals surface area contributed by atoms with Gasteiger partial charge in [0.2, 0.25) is 0 Å². The van der Waals surface area contributed by atoms with E-state index in [0.717, 1.165) is 77.5 Å². The molecule has 0 aromatic heterocycles. The highest BCUT2D eigenvalue weighted by Crippen LogP contribution is 2.18. The normalized spacial score (nSPS) is 11.7. The van der Waals surface area contributed by atoms with Crippen molar-refractivity contribution in [3.05, 3.63) is 12.8 Å². The van der Waals surface area contributed by atoms with Crippen molar-refractivity contribution in [3.63, 3.8) is 0 Å². The van der Waals surface area contributed by atoms with Crippen molar-refractivity contribution in [2.24, 2.45) is 0 Å². The maximum atomic E-state index is 12.6. The Morgan fingerprint density at radius 3 is 1.43 bits per heavy atom. The van der Waals surface area contributed by atoms with Gasteiger partial charge in [-0.25, -0.2) is 0 Å². The number of unbranched alkanes of at least 4 members (excludes halogenated alkanes) is 21. The molecule has 1 N–H and O–H groups in total. The molecule has 0 aliphatic heterocycles. The minimum absolute atomic E-state index is 0.0134. The van der Waals surface area contributed by atoms with Gasteiger partial charge in [-0.1, -0.05) is 149 Å². The summed E-state index contributed by atoms with van der Waals surface area (Å²) in [6.07, 6.45) is 37.7. The van der Waals surface area contributed by atoms with Crippen molar-refractivity contribution >= 4 is 11.9 Å². The third kappa shape index (κ3) is 46.6. The molecule has 54 heavy (non-hydrogen) atoms. The molecule has 7 nitrogen and oxygen atoms in total. The summed E-state index contributed by atoms with van der Waals surface area (Å²) < 4.78 is 11.4. The van der Waals surface area contributed by atoms with Gasteiger partial charge in [0, 0.05) is 19.4 Å². The summed E-state index contributed by atoms with van der Waals surface area (Å²) >= 11 is 0. The molecule has 0 aliphatic carbocycles. The largest absolute Gasteiger partial charge is 0.466 e. The van der Waals surface area contributed by atoms with Crippen LogP contribution in [0.4, 0.5) is 0 Å². The molecule has 0 heterocycles. The highest BCUT2D eigenvalue weighted by Gasteiger charge is 2.14. The van der Waals surface area contributed by atoms with E-state index < -0.39 is 0 Å². The van der Waals surface area contributed by atoms with Crippen LogP contribution in [0.2, 0.25) is 0 Å². The van der Waals surface area contributed by atoms with E-state index in [1.54, 1.807) is 6.20 Å². The van der Waals surface area contributed by atoms with Gasteiger partial charge in [0.1, 0.15) is 6.10 Å². The number of nitrogens with zero attached hydrogens (tertiary/aromatic N) is 2. The van der Waals surface area contributed by atoms with E-state index >= 15 is 0 Å². The fourth-order valence-electron chi connectivity index (χ4n) is 6.71. The smallest absolute Gasteiger partial charge is 0.306 e. The standard InChI is InChI=1S/C44H86N2O4.C3H9N/c1-5-9-12-15-16-24-31-41-49-43(47)35-27-20-17-22-29-38-46(40-32-37-45-8-4)39-30-23-18-21-28-36-44(48)50-42(33-25-14-11-7-3)34-26-19-13-10-6-2;1-4(2)3/h8,42,45H,4-7,9-41H2,1-3H3;1-3H3. The predicted octanol–water partition coefficient (Wildman–Crippen LogP) is 12.8. The maximum absolute atomic E-state index is 12.6. The minimum Gasteiger partial charge on any atom is -0.466 e. The second-order valence-electron chi connectivity index (χ2n) is 16.2. The summed E-state index contributed by atoms with van der Waals surface area (Å²) in [6, 6.07) is 0. The van der Waals surface area contributed by atoms with Gasteiger partial charge >= 0.3 is 11.9 Å². The maximum Gasteiger partial charge on any atom is 0.306 e. The van der Waals surface area contributed by atoms with E-state index in [4.69, 9.17) is 9.47 Å². The molecule has 0 amide bonds. The second kappa shape index (κ2) is 45.8. The number of ether oxygens (including phenoxy) is 2. The van der Waals surface area contributed by atoms with Crippen molar-refractivity contribution < 1.29 is 19.1 Å². The fourth-order valence-corrected chi connectivity index (χ4v) is 6.71. The SMILES string of the molecule is C=CNCCCN(CCCCCCCC(=O)OCCCCCCCCC)CCCCCCCC(=O)OC(CCCCCC)CCCCCCC.CN(C)C. The lowest BCUT2D eigenvalue weighted by Crippen LogP contribution is -2.29. The first kappa shape index (κ1) is 54.5. The Labute approximate surface area is 337 Å². The molecule has 0 saturated carbocycles. The Morgan fingerprint density at radius 1 is 0.537 bits per heavy atom. The molecule has 322 valence electrons. The number of carbonyl (C=O) groups is 2. The van der Waals surface area contributed by atoms with Crippen LogP contribution in [0.1, 0.15) is 220 Å². The third-order valence-corrected chi connectivity index (χ3v) is 9.97. The average molecular weight is 766 g/mol. The summed E-state index contributed by atoms with van der Waals surface area (Å²) in [6.45, 7) is 15.5. The van der Waals surface area contributed by atoms with Crippen LogP contribution in [0.25, 0.3) is 0 Å². The van der Waals surface area contributed by atoms with Gasteiger partial charge in [0.25, 0.3) is 0 Å². The summed E-state index contributed by atoms with van der Waals surface area (Å²) in [7, 11) is 6.00. The van der Waals surface area contributed by atoms with E-state index in [1.165, 1.54) is 135 Å². The first-order valence-corrected chi connectivity index (χ1v) is 23.3. The lowest BCUT2D eigenvalue weighted by molar-refractivity contribution is -0.150. The van der Waals surface area contributed by atoms with Crippen LogP contribution in [-0.2, 0) is 19.1 Å². The molecular weight excluding hydrogens is 671 g/mol. The minimum atomic E-state index is -0.0134. The van der Waals surface area contributed by atoms with Crippen molar-refractivity contribution in [3.8, 4) is 0 Å². The summed E-state index contributed by atoms with van der Waals surface area (Å²) in [5.74, 6) is 0.0117. The molecule has 1 unspecified atom stereocenters. The molecule has 0 radical (unpaired) electrons. The lowest BCUT2D eigenvalue weighted by Gasteiger charge is -2.22. The van der Waals surface area contributed by atoms with Crippen LogP contribution in [0.3, 0.4) is 0 Å². The van der Waals surface area contributed by atoms with Crippen LogP contribution < -0.4 is 5.32 Å². The van der Waals surface area contributed by atoms with Gasteiger partial charge in [-0.05, 0) is 111 Å². The summed E-state index contributed by atoms with van der Waals surface area (Å²) in [4.78, 5) is 29.3. The van der Waals surface area contributed by atoms with E-state index in [2.05, 4.69) is 37.6 Å². The number of rotatable bonds is 41. The van der Waals surface area contributed by atoms with Crippen LogP contribution in [-0.4, -0.2) is 81.8 Å². The van der Waals surface area contributed by atoms with Gasteiger partial charge in [-0.2, -0.15) is 0 Å². The van der Waals surface area contributed by atoms with Crippen molar-refractivity contribution in [2.75, 3.05) is 53.9 Å². The number of nitrogens with one attached hydrogen (secondary N) is 1. The predicted molar refractivity (Wildman–Crippen MR) is 235 cm³/mol. The van der Waals surface area contributed by atoms with Crippen LogP contribution in [0.15, 0.2) is 12.8 Å². The third-order valence-electron chi connectivity index (χ3n) is 9.97. The molecule has 0 aliphatic rings. The molecular formula is C47H95N3O4. The molecule has 1 atom stereocenters. The van der Waals surface area contributed by atoms with Crippen LogP contribution in [0.5, 0.6) is 0 Å². The first-order chi connectivity index (χ1) is 26.3. The lowest BCUT2D eigenvalue weighted by atomic mass is 10.0. The molecule has 0 fully saturated rings. The zero-order valence-corrected chi connectivity index (χ0v) is 37.3. The molecule has 0 aromatic carbocycles. The van der Waals surface area contributed by atoms with Gasteiger partial charge in [-0.15, -0.1) is 0 Å². The van der Waals surface area contributed by atoms with E-state index in [-0.39, 0.29) is 18.0 Å². The molecule has 0 bridgehead atoms. The highest BCUT2D eigenvalue weighted by atomic mass is 16.5. The fraction of sp³-hybridized carbons (Fsp3) is 0.915. The average Bonchev–Trinajstić information content (AvgIpc) is 3.14. The summed E-state index contributed by atoms with van der Waals surface area (Å²) in [5.41, 5.74) is 0. The topological polar surface area (TPSA) is 71.1 Å². The molecule has 0 aromatic rings. The second-order valence-corrected chi connectivity index (χ2v) is 16.2. The summed E-state index contributed by atoms with van der Waals surface area (Å²) in [5, 5.41) is 3.24. The van der Waals surface area contributed by atoms with Gasteiger partial charge < -0.3 is 24.6 Å². The zero-order valence-electron chi connectivity index (χ0n) is 37.3. The van der Waals surface area contributed by atoms with Crippen molar-refractivity contribution in [1.82, 2.24) is 15.1 Å². The number of esters is 2. The Morgan fingerprint density at radius 2 is 0.926 bits per heavy atom. The number of carbonyl (C=O) groups excluding carboxylic acids is 2. The van der Waals surface area contributed by atoms with Gasteiger partial charge in [-0.3, -0.25) is 9.59 Å². The molecule has 0 spiro atoms. The van der Waals surface area contributed by atoms with E-state index in [0.29, 0.717) is 19.4 Å². The van der Waals surface area contributed by atoms with Crippen molar-refractivity contribution in [2.45, 2.75) is 226 Å². The van der Waals surface area contributed by atoms with Crippen LogP contribution >= 0.6 is 0 Å². The molecule has 7 heteroatoms. The van der Waals surface area contributed by atoms with Gasteiger partial charge in [0.05, 0.1) is 6.61 Å². The molecule has 0 saturated heterocycles. The molecule has 0 rings (SSSR count). The van der Waals surface area contributed by atoms with E-state index in [9.17, 15) is 9.59 Å².